The van der Waals surface area contributed by atoms with Gasteiger partial charge in [-0.1, -0.05) is 81.4 Å². The van der Waals surface area contributed by atoms with Crippen LogP contribution in [0.2, 0.25) is 0 Å². The molecule has 0 fully saturated rings. The van der Waals surface area contributed by atoms with Gasteiger partial charge in [-0.15, -0.1) is 0 Å². The minimum Gasteiger partial charge on any atom is -0.343 e. The van der Waals surface area contributed by atoms with E-state index in [-0.39, 0.29) is 5.41 Å². The van der Waals surface area contributed by atoms with Gasteiger partial charge in [-0.05, 0) is 47.4 Å². The first-order valence-corrected chi connectivity index (χ1v) is 10.9. The normalized spacial score (nSPS) is 11.9. The van der Waals surface area contributed by atoms with Crippen molar-refractivity contribution in [3.8, 4) is 5.69 Å². The van der Waals surface area contributed by atoms with Gasteiger partial charge in [0.25, 0.3) is 0 Å². The number of fused-ring (bicyclic) bond motifs is 3. The molecule has 1 aromatic heterocycles. The second-order valence-electron chi connectivity index (χ2n) is 9.21. The molecule has 0 bridgehead atoms. The van der Waals surface area contributed by atoms with E-state index in [1.54, 1.807) is 0 Å². The van der Waals surface area contributed by atoms with Crippen LogP contribution in [0.1, 0.15) is 26.3 Å². The Kier molecular flexibility index (Phi) is 4.59. The lowest BCUT2D eigenvalue weighted by atomic mass is 9.87. The highest BCUT2D eigenvalue weighted by Crippen LogP contribution is 2.37. The highest BCUT2D eigenvalue weighted by atomic mass is 15.1. The molecule has 5 rings (SSSR count). The molecule has 31 heavy (non-hydrogen) atoms. The first-order chi connectivity index (χ1) is 14.9. The third-order valence-corrected chi connectivity index (χ3v) is 6.18. The Morgan fingerprint density at radius 3 is 1.71 bits per heavy atom. The van der Waals surface area contributed by atoms with E-state index in [0.717, 1.165) is 0 Å². The number of rotatable bonds is 3. The summed E-state index contributed by atoms with van der Waals surface area (Å²) in [6, 6.07) is 34.9. The van der Waals surface area contributed by atoms with Gasteiger partial charge in [-0.3, -0.25) is 0 Å². The van der Waals surface area contributed by atoms with Crippen molar-refractivity contribution in [2.45, 2.75) is 26.2 Å². The lowest BCUT2D eigenvalue weighted by Crippen LogP contribution is -2.14. The molecule has 0 aliphatic rings. The molecule has 4 aromatic carbocycles. The Hall–Kier alpha value is -3.52. The van der Waals surface area contributed by atoms with Crippen LogP contribution in [-0.4, -0.2) is 11.6 Å². The maximum absolute atomic E-state index is 2.39. The summed E-state index contributed by atoms with van der Waals surface area (Å²) in [5.74, 6) is 0. The number of hydrogen-bond acceptors (Lipinski definition) is 1. The van der Waals surface area contributed by atoms with Crippen LogP contribution in [0.4, 0.5) is 11.4 Å². The fraction of sp³-hybridized carbons (Fsp3) is 0.172. The molecule has 0 spiro atoms. The van der Waals surface area contributed by atoms with Crippen LogP contribution in [0, 0.1) is 0 Å². The summed E-state index contributed by atoms with van der Waals surface area (Å²) in [6.45, 7) is 6.76. The van der Waals surface area contributed by atoms with Gasteiger partial charge in [0.15, 0.2) is 0 Å². The molecular formula is C29H28N2. The van der Waals surface area contributed by atoms with Gasteiger partial charge in [0, 0.05) is 23.5 Å². The maximum atomic E-state index is 2.39. The van der Waals surface area contributed by atoms with Crippen LogP contribution < -0.4 is 4.90 Å². The van der Waals surface area contributed by atoms with E-state index in [2.05, 4.69) is 134 Å². The highest BCUT2D eigenvalue weighted by Gasteiger charge is 2.17. The second kappa shape index (κ2) is 7.31. The molecule has 2 nitrogen and oxygen atoms in total. The predicted molar refractivity (Wildman–Crippen MR) is 134 cm³/mol. The second-order valence-corrected chi connectivity index (χ2v) is 9.21. The smallest absolute Gasteiger partial charge is 0.0699 e. The topological polar surface area (TPSA) is 8.17 Å². The third kappa shape index (κ3) is 3.29. The van der Waals surface area contributed by atoms with Crippen molar-refractivity contribution in [2.75, 3.05) is 11.9 Å². The van der Waals surface area contributed by atoms with Crippen LogP contribution in [0.3, 0.4) is 0 Å². The summed E-state index contributed by atoms with van der Waals surface area (Å²) in [4.78, 5) is 2.28. The van der Waals surface area contributed by atoms with E-state index in [1.807, 2.05) is 0 Å². The Balaban J connectivity index is 1.69. The fourth-order valence-electron chi connectivity index (χ4n) is 4.44. The number of hydrogen-bond donors (Lipinski definition) is 0. The zero-order chi connectivity index (χ0) is 21.6. The van der Waals surface area contributed by atoms with E-state index >= 15 is 0 Å². The summed E-state index contributed by atoms with van der Waals surface area (Å²) in [6.07, 6.45) is 0. The third-order valence-electron chi connectivity index (χ3n) is 6.18. The van der Waals surface area contributed by atoms with Gasteiger partial charge in [-0.2, -0.15) is 0 Å². The molecule has 0 aliphatic carbocycles. The summed E-state index contributed by atoms with van der Waals surface area (Å²) >= 11 is 0. The fourth-order valence-corrected chi connectivity index (χ4v) is 4.44. The van der Waals surface area contributed by atoms with E-state index in [4.69, 9.17) is 0 Å². The highest BCUT2D eigenvalue weighted by molar-refractivity contribution is 6.09. The summed E-state index contributed by atoms with van der Waals surface area (Å²) < 4.78 is 2.39. The Bertz CT molecular complexity index is 1310. The standard InChI is InChI=1S/C29H28N2/c1-29(2,3)21-17-19-22(20-18-21)30(4)27-15-9-10-16-28(27)31-25-13-7-5-11-23(25)24-12-6-8-14-26(24)31/h5-20H,1-4H3. The van der Waals surface area contributed by atoms with E-state index in [1.165, 1.54) is 44.4 Å². The molecule has 5 aromatic rings. The Labute approximate surface area is 184 Å². The van der Waals surface area contributed by atoms with E-state index < -0.39 is 0 Å². The zero-order valence-electron chi connectivity index (χ0n) is 18.6. The molecule has 0 saturated heterocycles. The molecular weight excluding hydrogens is 376 g/mol. The minimum absolute atomic E-state index is 0.151. The molecule has 0 radical (unpaired) electrons. The average Bonchev–Trinajstić information content (AvgIpc) is 3.12. The molecule has 2 heteroatoms. The predicted octanol–water partition coefficient (Wildman–Crippen LogP) is 7.85. The first kappa shape index (κ1) is 19.4. The molecule has 0 amide bonds. The van der Waals surface area contributed by atoms with Crippen LogP contribution in [-0.2, 0) is 5.41 Å². The van der Waals surface area contributed by atoms with Gasteiger partial charge in [-0.25, -0.2) is 0 Å². The lowest BCUT2D eigenvalue weighted by molar-refractivity contribution is 0.590. The molecule has 1 heterocycles. The molecule has 0 unspecified atom stereocenters. The largest absolute Gasteiger partial charge is 0.343 e. The minimum atomic E-state index is 0.151. The maximum Gasteiger partial charge on any atom is 0.0699 e. The van der Waals surface area contributed by atoms with Crippen LogP contribution in [0.5, 0.6) is 0 Å². The van der Waals surface area contributed by atoms with Crippen LogP contribution in [0.25, 0.3) is 27.5 Å². The number of benzene rings is 4. The zero-order valence-corrected chi connectivity index (χ0v) is 18.6. The molecule has 0 aliphatic heterocycles. The number of aromatic nitrogens is 1. The Morgan fingerprint density at radius 1 is 0.613 bits per heavy atom. The van der Waals surface area contributed by atoms with Crippen molar-refractivity contribution in [3.63, 3.8) is 0 Å². The summed E-state index contributed by atoms with van der Waals surface area (Å²) in [7, 11) is 2.15. The van der Waals surface area contributed by atoms with Crippen molar-refractivity contribution in [1.82, 2.24) is 4.57 Å². The number of anilines is 2. The van der Waals surface area contributed by atoms with Gasteiger partial charge < -0.3 is 9.47 Å². The summed E-state index contributed by atoms with van der Waals surface area (Å²) in [5, 5.41) is 2.56. The lowest BCUT2D eigenvalue weighted by Gasteiger charge is -2.25. The quantitative estimate of drug-likeness (QED) is 0.297. The van der Waals surface area contributed by atoms with Crippen LogP contribution >= 0.6 is 0 Å². The molecule has 154 valence electrons. The SMILES string of the molecule is CN(c1ccc(C(C)(C)C)cc1)c1ccccc1-n1c2ccccc2c2ccccc21. The van der Waals surface area contributed by atoms with Crippen molar-refractivity contribution < 1.29 is 0 Å². The summed E-state index contributed by atoms with van der Waals surface area (Å²) in [5.41, 5.74) is 7.50. The van der Waals surface area contributed by atoms with Gasteiger partial charge >= 0.3 is 0 Å². The van der Waals surface area contributed by atoms with E-state index in [0.29, 0.717) is 0 Å². The average molecular weight is 405 g/mol. The van der Waals surface area contributed by atoms with Crippen LogP contribution in [0.15, 0.2) is 97.1 Å². The van der Waals surface area contributed by atoms with Gasteiger partial charge in [0.2, 0.25) is 0 Å². The van der Waals surface area contributed by atoms with Crippen molar-refractivity contribution in [1.29, 1.82) is 0 Å². The van der Waals surface area contributed by atoms with Crippen molar-refractivity contribution >= 4 is 33.2 Å². The number of para-hydroxylation sites is 4. The molecule has 0 saturated carbocycles. The van der Waals surface area contributed by atoms with Crippen molar-refractivity contribution in [2.24, 2.45) is 0 Å². The molecule has 0 atom stereocenters. The van der Waals surface area contributed by atoms with Gasteiger partial charge in [0.05, 0.1) is 22.4 Å². The monoisotopic (exact) mass is 404 g/mol. The first-order valence-electron chi connectivity index (χ1n) is 10.9. The molecule has 0 N–H and O–H groups in total. The number of nitrogens with zero attached hydrogens (tertiary/aromatic N) is 2. The van der Waals surface area contributed by atoms with E-state index in [9.17, 15) is 0 Å². The Morgan fingerprint density at radius 2 is 1.13 bits per heavy atom. The van der Waals surface area contributed by atoms with Gasteiger partial charge in [0.1, 0.15) is 0 Å². The van der Waals surface area contributed by atoms with Crippen molar-refractivity contribution in [3.05, 3.63) is 103 Å².